The maximum Gasteiger partial charge on any atom is 0.0594 e. The van der Waals surface area contributed by atoms with Crippen molar-refractivity contribution < 1.29 is 4.74 Å². The maximum atomic E-state index is 5.31. The minimum absolute atomic E-state index is 0.874. The Bertz CT molecular complexity index is 153. The molecular weight excluding hydrogens is 176 g/mol. The lowest BCUT2D eigenvalue weighted by Crippen LogP contribution is -2.37. The first-order chi connectivity index (χ1) is 6.95. The zero-order valence-corrected chi connectivity index (χ0v) is 9.00. The molecule has 1 saturated heterocycles. The van der Waals surface area contributed by atoms with Gasteiger partial charge < -0.3 is 10.1 Å². The molecule has 1 N–H and O–H groups in total. The molecule has 1 aliphatic heterocycles. The summed E-state index contributed by atoms with van der Waals surface area (Å²) in [6.45, 7) is 6.61. The molecule has 1 aliphatic carbocycles. The Morgan fingerprint density at radius 2 is 1.93 bits per heavy atom. The highest BCUT2D eigenvalue weighted by atomic mass is 16.5. The van der Waals surface area contributed by atoms with E-state index >= 15 is 0 Å². The Morgan fingerprint density at radius 3 is 2.64 bits per heavy atom. The minimum atomic E-state index is 0.874. The van der Waals surface area contributed by atoms with Crippen LogP contribution in [-0.4, -0.2) is 50.3 Å². The zero-order valence-electron chi connectivity index (χ0n) is 9.00. The van der Waals surface area contributed by atoms with E-state index in [1.54, 1.807) is 0 Å². The number of hydrogen-bond donors (Lipinski definition) is 1. The van der Waals surface area contributed by atoms with Crippen molar-refractivity contribution in [3.8, 4) is 0 Å². The summed E-state index contributed by atoms with van der Waals surface area (Å²) in [4.78, 5) is 2.51. The van der Waals surface area contributed by atoms with Gasteiger partial charge in [0.05, 0.1) is 13.2 Å². The Balaban J connectivity index is 1.41. The summed E-state index contributed by atoms with van der Waals surface area (Å²) < 4.78 is 5.31. The van der Waals surface area contributed by atoms with Gasteiger partial charge in [0.15, 0.2) is 0 Å². The smallest absolute Gasteiger partial charge is 0.0594 e. The third kappa shape index (κ3) is 3.95. The van der Waals surface area contributed by atoms with Crippen LogP contribution in [0, 0.1) is 0 Å². The van der Waals surface area contributed by atoms with Crippen LogP contribution in [0.4, 0.5) is 0 Å². The van der Waals surface area contributed by atoms with Crippen LogP contribution < -0.4 is 5.32 Å². The molecule has 2 fully saturated rings. The Labute approximate surface area is 86.8 Å². The number of ether oxygens (including phenoxy) is 1. The quantitative estimate of drug-likeness (QED) is 0.640. The predicted molar refractivity (Wildman–Crippen MR) is 57.5 cm³/mol. The van der Waals surface area contributed by atoms with E-state index in [2.05, 4.69) is 10.2 Å². The number of nitrogens with one attached hydrogen (secondary N) is 1. The number of nitrogens with zero attached hydrogens (tertiary/aromatic N) is 1. The molecule has 0 atom stereocenters. The van der Waals surface area contributed by atoms with E-state index < -0.39 is 0 Å². The van der Waals surface area contributed by atoms with Gasteiger partial charge in [-0.1, -0.05) is 0 Å². The van der Waals surface area contributed by atoms with Gasteiger partial charge in [-0.2, -0.15) is 0 Å². The largest absolute Gasteiger partial charge is 0.379 e. The molecule has 0 amide bonds. The highest BCUT2D eigenvalue weighted by Crippen LogP contribution is 2.18. The fourth-order valence-corrected chi connectivity index (χ4v) is 1.88. The van der Waals surface area contributed by atoms with Crippen molar-refractivity contribution >= 4 is 0 Å². The lowest BCUT2D eigenvalue weighted by molar-refractivity contribution is 0.0372. The molecule has 0 unspecified atom stereocenters. The molecule has 14 heavy (non-hydrogen) atoms. The van der Waals surface area contributed by atoms with Gasteiger partial charge in [0.1, 0.15) is 0 Å². The van der Waals surface area contributed by atoms with Crippen LogP contribution in [-0.2, 0) is 4.74 Å². The maximum absolute atomic E-state index is 5.31. The van der Waals surface area contributed by atoms with Crippen LogP contribution >= 0.6 is 0 Å². The summed E-state index contributed by atoms with van der Waals surface area (Å²) in [6.07, 6.45) is 5.47. The van der Waals surface area contributed by atoms with Crippen LogP contribution in [0.3, 0.4) is 0 Å². The molecule has 0 aromatic heterocycles. The third-order valence-corrected chi connectivity index (χ3v) is 3.02. The second-order valence-electron chi connectivity index (χ2n) is 4.39. The molecule has 0 spiro atoms. The number of rotatable bonds is 6. The monoisotopic (exact) mass is 198 g/mol. The van der Waals surface area contributed by atoms with Crippen LogP contribution in [0.15, 0.2) is 0 Å². The summed E-state index contributed by atoms with van der Waals surface area (Å²) in [5.41, 5.74) is 0. The van der Waals surface area contributed by atoms with Gasteiger partial charge >= 0.3 is 0 Å². The van der Waals surface area contributed by atoms with Crippen LogP contribution in [0.1, 0.15) is 25.7 Å². The Morgan fingerprint density at radius 1 is 1.14 bits per heavy atom. The van der Waals surface area contributed by atoms with E-state index in [9.17, 15) is 0 Å². The van der Waals surface area contributed by atoms with Crippen molar-refractivity contribution in [2.24, 2.45) is 0 Å². The van der Waals surface area contributed by atoms with E-state index in [4.69, 9.17) is 4.74 Å². The summed E-state index contributed by atoms with van der Waals surface area (Å²) in [5.74, 6) is 0. The second kappa shape index (κ2) is 5.69. The average Bonchev–Trinajstić information content (AvgIpc) is 3.03. The van der Waals surface area contributed by atoms with E-state index in [-0.39, 0.29) is 0 Å². The van der Waals surface area contributed by atoms with Gasteiger partial charge in [-0.15, -0.1) is 0 Å². The normalized spacial score (nSPS) is 24.0. The lowest BCUT2D eigenvalue weighted by atomic mass is 10.2. The van der Waals surface area contributed by atoms with Crippen molar-refractivity contribution in [2.75, 3.05) is 39.4 Å². The molecule has 0 radical (unpaired) electrons. The van der Waals surface area contributed by atoms with Crippen LogP contribution in [0.25, 0.3) is 0 Å². The van der Waals surface area contributed by atoms with E-state index in [0.29, 0.717) is 0 Å². The molecule has 2 aliphatic rings. The zero-order chi connectivity index (χ0) is 9.64. The van der Waals surface area contributed by atoms with Gasteiger partial charge in [0, 0.05) is 19.1 Å². The minimum Gasteiger partial charge on any atom is -0.379 e. The number of unbranched alkanes of at least 4 members (excludes halogenated alkanes) is 1. The summed E-state index contributed by atoms with van der Waals surface area (Å²) in [5, 5.41) is 3.55. The van der Waals surface area contributed by atoms with Gasteiger partial charge in [0.2, 0.25) is 0 Å². The topological polar surface area (TPSA) is 24.5 Å². The molecule has 0 bridgehead atoms. The molecule has 1 saturated carbocycles. The fraction of sp³-hybridized carbons (Fsp3) is 1.00. The first-order valence-corrected chi connectivity index (χ1v) is 5.98. The first-order valence-electron chi connectivity index (χ1n) is 5.98. The highest BCUT2D eigenvalue weighted by molar-refractivity contribution is 4.80. The highest BCUT2D eigenvalue weighted by Gasteiger charge is 2.19. The van der Waals surface area contributed by atoms with Gasteiger partial charge in [0.25, 0.3) is 0 Å². The van der Waals surface area contributed by atoms with Gasteiger partial charge in [-0.05, 0) is 38.8 Å². The van der Waals surface area contributed by atoms with E-state index in [1.807, 2.05) is 0 Å². The third-order valence-electron chi connectivity index (χ3n) is 3.02. The Hall–Kier alpha value is -0.120. The SMILES string of the molecule is C(CCN1CCOCC1)CNC1CC1. The van der Waals surface area contributed by atoms with Crippen molar-refractivity contribution in [3.05, 3.63) is 0 Å². The van der Waals surface area contributed by atoms with E-state index in [0.717, 1.165) is 32.3 Å². The lowest BCUT2D eigenvalue weighted by Gasteiger charge is -2.26. The van der Waals surface area contributed by atoms with Gasteiger partial charge in [-0.3, -0.25) is 4.90 Å². The molecule has 82 valence electrons. The molecule has 3 nitrogen and oxygen atoms in total. The van der Waals surface area contributed by atoms with Crippen molar-refractivity contribution in [2.45, 2.75) is 31.7 Å². The molecule has 2 rings (SSSR count). The first kappa shape index (κ1) is 10.4. The van der Waals surface area contributed by atoms with Crippen molar-refractivity contribution in [3.63, 3.8) is 0 Å². The average molecular weight is 198 g/mol. The number of morpholine rings is 1. The van der Waals surface area contributed by atoms with Crippen LogP contribution in [0.5, 0.6) is 0 Å². The summed E-state index contributed by atoms with van der Waals surface area (Å²) in [7, 11) is 0. The van der Waals surface area contributed by atoms with Crippen LogP contribution in [0.2, 0.25) is 0 Å². The molecule has 0 aromatic carbocycles. The Kier molecular flexibility index (Phi) is 4.22. The molecular formula is C11H22N2O. The fourth-order valence-electron chi connectivity index (χ4n) is 1.88. The number of hydrogen-bond acceptors (Lipinski definition) is 3. The molecule has 3 heteroatoms. The van der Waals surface area contributed by atoms with Gasteiger partial charge in [-0.25, -0.2) is 0 Å². The molecule has 1 heterocycles. The standard InChI is InChI=1S/C11H22N2O/c1(5-12-11-3-4-11)2-6-13-7-9-14-10-8-13/h11-12H,1-10H2. The summed E-state index contributed by atoms with van der Waals surface area (Å²) in [6, 6.07) is 0.874. The second-order valence-corrected chi connectivity index (χ2v) is 4.39. The summed E-state index contributed by atoms with van der Waals surface area (Å²) >= 11 is 0. The predicted octanol–water partition coefficient (Wildman–Crippen LogP) is 0.851. The van der Waals surface area contributed by atoms with E-state index in [1.165, 1.54) is 38.8 Å². The van der Waals surface area contributed by atoms with Crippen molar-refractivity contribution in [1.82, 2.24) is 10.2 Å². The molecule has 0 aromatic rings. The van der Waals surface area contributed by atoms with Crippen molar-refractivity contribution in [1.29, 1.82) is 0 Å².